The first-order valence-electron chi connectivity index (χ1n) is 9.05. The van der Waals surface area contributed by atoms with Crippen molar-refractivity contribution >= 4 is 11.8 Å². The van der Waals surface area contributed by atoms with Crippen molar-refractivity contribution < 1.29 is 14.3 Å². The lowest BCUT2D eigenvalue weighted by molar-refractivity contribution is -0.139. The molecule has 5 heteroatoms. The van der Waals surface area contributed by atoms with E-state index in [2.05, 4.69) is 5.32 Å². The molecule has 1 saturated heterocycles. The zero-order chi connectivity index (χ0) is 17.9. The van der Waals surface area contributed by atoms with Crippen LogP contribution in [0.4, 0.5) is 0 Å². The van der Waals surface area contributed by atoms with Crippen molar-refractivity contribution in [2.45, 2.75) is 18.9 Å². The van der Waals surface area contributed by atoms with Crippen LogP contribution in [-0.4, -0.2) is 36.4 Å². The number of hydrogen-bond donors (Lipinski definition) is 1. The smallest absolute Gasteiger partial charge is 0.230 e. The molecule has 0 saturated carbocycles. The number of carbonyl (C=O) groups is 2. The highest BCUT2D eigenvalue weighted by Crippen LogP contribution is 2.31. The molecule has 2 heterocycles. The Bertz CT molecular complexity index is 806. The molecule has 0 aliphatic carbocycles. The van der Waals surface area contributed by atoms with E-state index in [1.165, 1.54) is 0 Å². The molecule has 4 rings (SSSR count). The molecule has 0 spiro atoms. The van der Waals surface area contributed by atoms with Crippen LogP contribution in [0.1, 0.15) is 23.6 Å². The monoisotopic (exact) mass is 350 g/mol. The van der Waals surface area contributed by atoms with Crippen LogP contribution in [-0.2, 0) is 16.0 Å². The van der Waals surface area contributed by atoms with Crippen molar-refractivity contribution in [2.75, 3.05) is 19.7 Å². The fraction of sp³-hybridized carbons (Fsp3) is 0.333. The Morgan fingerprint density at radius 2 is 1.81 bits per heavy atom. The van der Waals surface area contributed by atoms with Crippen LogP contribution in [0.2, 0.25) is 0 Å². The first-order valence-corrected chi connectivity index (χ1v) is 9.05. The maximum Gasteiger partial charge on any atom is 0.230 e. The Hall–Kier alpha value is -2.82. The molecule has 0 radical (unpaired) electrons. The van der Waals surface area contributed by atoms with Gasteiger partial charge in [-0.15, -0.1) is 0 Å². The number of ether oxygens (including phenoxy) is 1. The van der Waals surface area contributed by atoms with Crippen molar-refractivity contribution in [2.24, 2.45) is 5.92 Å². The number of hydrogen-bond acceptors (Lipinski definition) is 3. The molecule has 5 nitrogen and oxygen atoms in total. The minimum absolute atomic E-state index is 0.0145. The SMILES string of the molecule is O=C1C[C@@H](c2ccccc2)N(C(=O)[C@H]2COc3ccccc3C2)CCN1. The van der Waals surface area contributed by atoms with Gasteiger partial charge in [-0.1, -0.05) is 48.5 Å². The predicted molar refractivity (Wildman–Crippen MR) is 97.7 cm³/mol. The second-order valence-electron chi connectivity index (χ2n) is 6.83. The van der Waals surface area contributed by atoms with E-state index in [0.29, 0.717) is 32.5 Å². The van der Waals surface area contributed by atoms with E-state index in [1.54, 1.807) is 0 Å². The van der Waals surface area contributed by atoms with Crippen molar-refractivity contribution in [1.82, 2.24) is 10.2 Å². The molecule has 0 unspecified atom stereocenters. The Kier molecular flexibility index (Phi) is 4.61. The van der Waals surface area contributed by atoms with E-state index < -0.39 is 0 Å². The number of rotatable bonds is 2. The van der Waals surface area contributed by atoms with Gasteiger partial charge in [0.2, 0.25) is 11.8 Å². The molecule has 2 aromatic rings. The van der Waals surface area contributed by atoms with Crippen LogP contribution in [0.25, 0.3) is 0 Å². The largest absolute Gasteiger partial charge is 0.492 e. The van der Waals surface area contributed by atoms with Crippen molar-refractivity contribution in [3.63, 3.8) is 0 Å². The lowest BCUT2D eigenvalue weighted by Gasteiger charge is -2.34. The van der Waals surface area contributed by atoms with Crippen LogP contribution in [0.5, 0.6) is 5.75 Å². The van der Waals surface area contributed by atoms with Gasteiger partial charge in [-0.2, -0.15) is 0 Å². The number of carbonyl (C=O) groups excluding carboxylic acids is 2. The molecule has 134 valence electrons. The van der Waals surface area contributed by atoms with Gasteiger partial charge >= 0.3 is 0 Å². The van der Waals surface area contributed by atoms with Crippen molar-refractivity contribution in [3.8, 4) is 5.75 Å². The van der Waals surface area contributed by atoms with Crippen molar-refractivity contribution in [3.05, 3.63) is 65.7 Å². The second-order valence-corrected chi connectivity index (χ2v) is 6.83. The van der Waals surface area contributed by atoms with Crippen LogP contribution in [0.3, 0.4) is 0 Å². The molecule has 1 fully saturated rings. The van der Waals surface area contributed by atoms with Gasteiger partial charge in [0.05, 0.1) is 18.4 Å². The highest BCUT2D eigenvalue weighted by Gasteiger charge is 2.35. The summed E-state index contributed by atoms with van der Waals surface area (Å²) in [7, 11) is 0. The number of benzene rings is 2. The normalized spacial score (nSPS) is 22.6. The van der Waals surface area contributed by atoms with Gasteiger partial charge in [-0.3, -0.25) is 9.59 Å². The lowest BCUT2D eigenvalue weighted by Crippen LogP contribution is -2.43. The van der Waals surface area contributed by atoms with Gasteiger partial charge in [-0.05, 0) is 23.6 Å². The Morgan fingerprint density at radius 1 is 1.04 bits per heavy atom. The molecule has 2 aromatic carbocycles. The van der Waals surface area contributed by atoms with Gasteiger partial charge in [0.1, 0.15) is 12.4 Å². The summed E-state index contributed by atoms with van der Waals surface area (Å²) in [4.78, 5) is 27.3. The van der Waals surface area contributed by atoms with E-state index >= 15 is 0 Å². The van der Waals surface area contributed by atoms with Gasteiger partial charge < -0.3 is 15.0 Å². The molecule has 0 bridgehead atoms. The van der Waals surface area contributed by atoms with Crippen LogP contribution < -0.4 is 10.1 Å². The zero-order valence-electron chi connectivity index (χ0n) is 14.6. The van der Waals surface area contributed by atoms with Gasteiger partial charge in [0.15, 0.2) is 0 Å². The molecule has 2 aliphatic heterocycles. The summed E-state index contributed by atoms with van der Waals surface area (Å²) in [6.07, 6.45) is 0.967. The molecule has 2 aliphatic rings. The minimum Gasteiger partial charge on any atom is -0.492 e. The highest BCUT2D eigenvalue weighted by molar-refractivity contribution is 5.83. The predicted octanol–water partition coefficient (Wildman–Crippen LogP) is 2.33. The summed E-state index contributed by atoms with van der Waals surface area (Å²) in [6.45, 7) is 1.38. The summed E-state index contributed by atoms with van der Waals surface area (Å²) >= 11 is 0. The van der Waals surface area contributed by atoms with E-state index in [1.807, 2.05) is 59.5 Å². The molecule has 2 atom stereocenters. The number of para-hydroxylation sites is 1. The highest BCUT2D eigenvalue weighted by atomic mass is 16.5. The number of amides is 2. The number of fused-ring (bicyclic) bond motifs is 1. The Balaban J connectivity index is 1.59. The Morgan fingerprint density at radius 3 is 2.65 bits per heavy atom. The molecule has 26 heavy (non-hydrogen) atoms. The first kappa shape index (κ1) is 16.6. The van der Waals surface area contributed by atoms with Gasteiger partial charge in [0.25, 0.3) is 0 Å². The summed E-state index contributed by atoms with van der Waals surface area (Å²) < 4.78 is 5.81. The summed E-state index contributed by atoms with van der Waals surface area (Å²) in [6, 6.07) is 17.4. The maximum atomic E-state index is 13.3. The average molecular weight is 350 g/mol. The molecule has 0 aromatic heterocycles. The number of nitrogens with zero attached hydrogens (tertiary/aromatic N) is 1. The lowest BCUT2D eigenvalue weighted by atomic mass is 9.93. The topological polar surface area (TPSA) is 58.6 Å². The van der Waals surface area contributed by atoms with E-state index in [4.69, 9.17) is 4.74 Å². The Labute approximate surface area is 153 Å². The molecular weight excluding hydrogens is 328 g/mol. The third kappa shape index (κ3) is 3.29. The summed E-state index contributed by atoms with van der Waals surface area (Å²) in [5, 5.41) is 2.88. The number of nitrogens with one attached hydrogen (secondary N) is 1. The fourth-order valence-electron chi connectivity index (χ4n) is 3.79. The molecule has 2 amide bonds. The minimum atomic E-state index is -0.233. The third-order valence-electron chi connectivity index (χ3n) is 5.13. The van der Waals surface area contributed by atoms with Crippen LogP contribution in [0.15, 0.2) is 54.6 Å². The first-order chi connectivity index (χ1) is 12.7. The standard InChI is InChI=1S/C21H22N2O3/c24-20-13-18(15-6-2-1-3-7-15)23(11-10-22-20)21(25)17-12-16-8-4-5-9-19(16)26-14-17/h1-9,17-18H,10-14H2,(H,22,24)/t17-,18+/m1/s1. The van der Waals surface area contributed by atoms with Gasteiger partial charge in [-0.25, -0.2) is 0 Å². The summed E-state index contributed by atoms with van der Waals surface area (Å²) in [5.74, 6) is 0.692. The van der Waals surface area contributed by atoms with Gasteiger partial charge in [0, 0.05) is 13.1 Å². The third-order valence-corrected chi connectivity index (χ3v) is 5.13. The van der Waals surface area contributed by atoms with E-state index in [9.17, 15) is 9.59 Å². The van der Waals surface area contributed by atoms with E-state index in [0.717, 1.165) is 16.9 Å². The van der Waals surface area contributed by atoms with Crippen molar-refractivity contribution in [1.29, 1.82) is 0 Å². The average Bonchev–Trinajstić information content (AvgIpc) is 2.89. The molecule has 1 N–H and O–H groups in total. The van der Waals surface area contributed by atoms with Crippen LogP contribution in [0, 0.1) is 5.92 Å². The fourth-order valence-corrected chi connectivity index (χ4v) is 3.79. The quantitative estimate of drug-likeness (QED) is 0.904. The zero-order valence-corrected chi connectivity index (χ0v) is 14.6. The second kappa shape index (κ2) is 7.20. The van der Waals surface area contributed by atoms with Crippen LogP contribution >= 0.6 is 0 Å². The molecular formula is C21H22N2O3. The maximum absolute atomic E-state index is 13.3. The van der Waals surface area contributed by atoms with E-state index in [-0.39, 0.29) is 23.8 Å². The summed E-state index contributed by atoms with van der Waals surface area (Å²) in [5.41, 5.74) is 2.06.